The number of carbonyl (C=O) groups is 2. The van der Waals surface area contributed by atoms with Gasteiger partial charge >= 0.3 is 0 Å². The van der Waals surface area contributed by atoms with Crippen LogP contribution in [0.5, 0.6) is 5.88 Å². The van der Waals surface area contributed by atoms with Gasteiger partial charge in [-0.1, -0.05) is 18.2 Å². The lowest BCUT2D eigenvalue weighted by Gasteiger charge is -2.13. The van der Waals surface area contributed by atoms with E-state index in [1.165, 1.54) is 37.3 Å². The first-order valence-electron chi connectivity index (χ1n) is 8.10. The molecule has 0 fully saturated rings. The van der Waals surface area contributed by atoms with Gasteiger partial charge in [0.1, 0.15) is 5.56 Å². The van der Waals surface area contributed by atoms with E-state index in [2.05, 4.69) is 5.32 Å². The predicted molar refractivity (Wildman–Crippen MR) is 101 cm³/mol. The van der Waals surface area contributed by atoms with E-state index >= 15 is 0 Å². The highest BCUT2D eigenvalue weighted by molar-refractivity contribution is 6.04. The van der Waals surface area contributed by atoms with Crippen LogP contribution in [-0.2, 0) is 0 Å². The number of nitrogens with one attached hydrogen (secondary N) is 1. The maximum atomic E-state index is 12.3. The summed E-state index contributed by atoms with van der Waals surface area (Å²) >= 11 is 0. The molecule has 7 heteroatoms. The van der Waals surface area contributed by atoms with Crippen LogP contribution in [0.3, 0.4) is 0 Å². The fourth-order valence-electron chi connectivity index (χ4n) is 2.76. The number of aromatic nitrogens is 1. The molecule has 0 radical (unpaired) electrons. The Bertz CT molecular complexity index is 1070. The molecule has 0 saturated heterocycles. The number of hydrogen-bond acceptors (Lipinski definition) is 4. The number of primary amides is 1. The number of hydrogen-bond donors (Lipinski definition) is 3. The molecule has 0 spiro atoms. The van der Waals surface area contributed by atoms with Crippen LogP contribution >= 0.6 is 0 Å². The molecule has 0 saturated carbocycles. The van der Waals surface area contributed by atoms with E-state index < -0.39 is 17.3 Å². The zero-order valence-corrected chi connectivity index (χ0v) is 14.5. The fourth-order valence-corrected chi connectivity index (χ4v) is 2.76. The molecular weight excluding hydrogens is 346 g/mol. The van der Waals surface area contributed by atoms with Crippen LogP contribution in [0.2, 0.25) is 0 Å². The Balaban J connectivity index is 1.94. The molecule has 136 valence electrons. The molecule has 0 unspecified atom stereocenters. The van der Waals surface area contributed by atoms with Crippen LogP contribution in [0.25, 0.3) is 5.69 Å². The molecule has 2 amide bonds. The average Bonchev–Trinajstić information content (AvgIpc) is 2.62. The van der Waals surface area contributed by atoms with Crippen LogP contribution < -0.4 is 16.6 Å². The SMILES string of the molecule is Cc1cc(=O)n(-c2ccc(C(=O)Nc3ccccc3)cc2)c(O)c1C(N)=O. The second-order valence-corrected chi connectivity index (χ2v) is 5.93. The number of benzene rings is 2. The lowest BCUT2D eigenvalue weighted by molar-refractivity contribution is 0.0993. The molecule has 0 atom stereocenters. The van der Waals surface area contributed by atoms with Crippen molar-refractivity contribution in [1.82, 2.24) is 4.57 Å². The van der Waals surface area contributed by atoms with E-state index in [-0.39, 0.29) is 11.5 Å². The number of para-hydroxylation sites is 1. The first-order valence-corrected chi connectivity index (χ1v) is 8.10. The molecule has 27 heavy (non-hydrogen) atoms. The Morgan fingerprint density at radius 1 is 1.04 bits per heavy atom. The number of anilines is 1. The van der Waals surface area contributed by atoms with E-state index in [0.717, 1.165) is 4.57 Å². The predicted octanol–water partition coefficient (Wildman–Crippen LogP) is 2.20. The van der Waals surface area contributed by atoms with E-state index in [0.29, 0.717) is 22.5 Å². The highest BCUT2D eigenvalue weighted by Crippen LogP contribution is 2.22. The van der Waals surface area contributed by atoms with Gasteiger partial charge in [-0.05, 0) is 48.9 Å². The standard InChI is InChI=1S/C20H17N3O4/c1-12-11-16(24)23(20(27)17(12)18(21)25)15-9-7-13(8-10-15)19(26)22-14-5-3-2-4-6-14/h2-11,27H,1H3,(H2,21,25)(H,22,26). The van der Waals surface area contributed by atoms with Crippen LogP contribution in [-0.4, -0.2) is 21.5 Å². The molecule has 7 nitrogen and oxygen atoms in total. The minimum Gasteiger partial charge on any atom is -0.494 e. The zero-order valence-electron chi connectivity index (χ0n) is 14.5. The maximum Gasteiger partial charge on any atom is 0.258 e. The number of carbonyl (C=O) groups excluding carboxylic acids is 2. The molecule has 3 rings (SSSR count). The number of aryl methyl sites for hydroxylation is 1. The van der Waals surface area contributed by atoms with Crippen molar-refractivity contribution in [1.29, 1.82) is 0 Å². The van der Waals surface area contributed by atoms with Crippen molar-refractivity contribution in [2.24, 2.45) is 5.73 Å². The van der Waals surface area contributed by atoms with Crippen molar-refractivity contribution in [3.05, 3.63) is 87.7 Å². The second-order valence-electron chi connectivity index (χ2n) is 5.93. The summed E-state index contributed by atoms with van der Waals surface area (Å²) in [5.74, 6) is -1.68. The number of nitrogens with zero attached hydrogens (tertiary/aromatic N) is 1. The third kappa shape index (κ3) is 3.57. The minimum atomic E-state index is -0.836. The lowest BCUT2D eigenvalue weighted by atomic mass is 10.1. The first kappa shape index (κ1) is 17.9. The molecule has 4 N–H and O–H groups in total. The molecule has 1 heterocycles. The molecular formula is C20H17N3O4. The first-order chi connectivity index (χ1) is 12.9. The summed E-state index contributed by atoms with van der Waals surface area (Å²) in [7, 11) is 0. The lowest BCUT2D eigenvalue weighted by Crippen LogP contribution is -2.23. The van der Waals surface area contributed by atoms with E-state index in [1.807, 2.05) is 18.2 Å². The van der Waals surface area contributed by atoms with Gasteiger partial charge in [0, 0.05) is 17.3 Å². The molecule has 2 aromatic carbocycles. The summed E-state index contributed by atoms with van der Waals surface area (Å²) in [4.78, 5) is 36.1. The van der Waals surface area contributed by atoms with E-state index in [4.69, 9.17) is 5.73 Å². The largest absolute Gasteiger partial charge is 0.494 e. The summed E-state index contributed by atoms with van der Waals surface area (Å²) in [6.07, 6.45) is 0. The maximum absolute atomic E-state index is 12.3. The zero-order chi connectivity index (χ0) is 19.6. The molecule has 0 aliphatic carbocycles. The Morgan fingerprint density at radius 2 is 1.67 bits per heavy atom. The Morgan fingerprint density at radius 3 is 2.26 bits per heavy atom. The van der Waals surface area contributed by atoms with Gasteiger partial charge in [-0.2, -0.15) is 0 Å². The van der Waals surface area contributed by atoms with Gasteiger partial charge in [0.15, 0.2) is 0 Å². The number of amides is 2. The van der Waals surface area contributed by atoms with Crippen molar-refractivity contribution in [2.75, 3.05) is 5.32 Å². The van der Waals surface area contributed by atoms with Gasteiger partial charge in [0.25, 0.3) is 17.4 Å². The van der Waals surface area contributed by atoms with Crippen molar-refractivity contribution in [3.8, 4) is 11.6 Å². The molecule has 1 aromatic heterocycles. The van der Waals surface area contributed by atoms with Crippen molar-refractivity contribution >= 4 is 17.5 Å². The Labute approximate surface area is 154 Å². The summed E-state index contributed by atoms with van der Waals surface area (Å²) in [5.41, 5.74) is 6.26. The highest BCUT2D eigenvalue weighted by Gasteiger charge is 2.18. The van der Waals surface area contributed by atoms with Gasteiger partial charge in [-0.25, -0.2) is 4.57 Å². The smallest absolute Gasteiger partial charge is 0.258 e. The number of rotatable bonds is 4. The monoisotopic (exact) mass is 363 g/mol. The van der Waals surface area contributed by atoms with Crippen molar-refractivity contribution in [3.63, 3.8) is 0 Å². The molecule has 3 aromatic rings. The number of aromatic hydroxyl groups is 1. The van der Waals surface area contributed by atoms with Crippen molar-refractivity contribution < 1.29 is 14.7 Å². The molecule has 0 aliphatic rings. The number of pyridine rings is 1. The minimum absolute atomic E-state index is 0.125. The van der Waals surface area contributed by atoms with E-state index in [9.17, 15) is 19.5 Å². The van der Waals surface area contributed by atoms with Crippen LogP contribution in [0.15, 0.2) is 65.5 Å². The second kappa shape index (κ2) is 7.17. The van der Waals surface area contributed by atoms with Gasteiger partial charge in [-0.3, -0.25) is 14.4 Å². The van der Waals surface area contributed by atoms with Gasteiger partial charge in [-0.15, -0.1) is 0 Å². The van der Waals surface area contributed by atoms with Gasteiger partial charge in [0.2, 0.25) is 5.88 Å². The molecule has 0 aliphatic heterocycles. The summed E-state index contributed by atoms with van der Waals surface area (Å²) in [6.45, 7) is 1.52. The highest BCUT2D eigenvalue weighted by atomic mass is 16.3. The third-order valence-electron chi connectivity index (χ3n) is 4.06. The summed E-state index contributed by atoms with van der Waals surface area (Å²) in [6, 6.07) is 16.2. The Hall–Kier alpha value is -3.87. The summed E-state index contributed by atoms with van der Waals surface area (Å²) in [5, 5.41) is 13.1. The summed E-state index contributed by atoms with van der Waals surface area (Å²) < 4.78 is 0.964. The number of nitrogens with two attached hydrogens (primary N) is 1. The van der Waals surface area contributed by atoms with Gasteiger partial charge < -0.3 is 16.2 Å². The fraction of sp³-hybridized carbons (Fsp3) is 0.0500. The Kier molecular flexibility index (Phi) is 4.76. The average molecular weight is 363 g/mol. The van der Waals surface area contributed by atoms with Crippen LogP contribution in [0.1, 0.15) is 26.3 Å². The topological polar surface area (TPSA) is 114 Å². The van der Waals surface area contributed by atoms with Crippen LogP contribution in [0, 0.1) is 6.92 Å². The third-order valence-corrected chi connectivity index (χ3v) is 4.06. The van der Waals surface area contributed by atoms with Gasteiger partial charge in [0.05, 0.1) is 5.69 Å². The molecule has 0 bridgehead atoms. The van der Waals surface area contributed by atoms with Crippen LogP contribution in [0.4, 0.5) is 5.69 Å². The quantitative estimate of drug-likeness (QED) is 0.659. The van der Waals surface area contributed by atoms with E-state index in [1.54, 1.807) is 12.1 Å². The van der Waals surface area contributed by atoms with Crippen molar-refractivity contribution in [2.45, 2.75) is 6.92 Å². The normalized spacial score (nSPS) is 10.4.